The van der Waals surface area contributed by atoms with Crippen molar-refractivity contribution in [3.63, 3.8) is 0 Å². The van der Waals surface area contributed by atoms with Crippen LogP contribution in [-0.2, 0) is 9.53 Å². The van der Waals surface area contributed by atoms with Gasteiger partial charge in [-0.15, -0.1) is 0 Å². The number of halogens is 6. The minimum Gasteiger partial charge on any atom is -0.432 e. The Kier molecular flexibility index (Phi) is 7.81. The Balaban J connectivity index is 1.42. The molecule has 1 unspecified atom stereocenters. The van der Waals surface area contributed by atoms with E-state index in [9.17, 15) is 36.2 Å². The number of allylic oxidation sites excluding steroid dienone is 2. The van der Waals surface area contributed by atoms with Crippen molar-refractivity contribution >= 4 is 5.97 Å². The summed E-state index contributed by atoms with van der Waals surface area (Å²) in [6.45, 7) is 8.08. The van der Waals surface area contributed by atoms with Crippen LogP contribution in [0.4, 0.5) is 26.3 Å². The summed E-state index contributed by atoms with van der Waals surface area (Å²) in [4.78, 5) is 11.5. The Labute approximate surface area is 221 Å². The second-order valence-corrected chi connectivity index (χ2v) is 13.3. The van der Waals surface area contributed by atoms with Gasteiger partial charge in [0.25, 0.3) is 5.60 Å². The molecular weight excluding hydrogens is 510 g/mol. The van der Waals surface area contributed by atoms with Crippen LogP contribution in [0.25, 0.3) is 0 Å². The van der Waals surface area contributed by atoms with Crippen LogP contribution < -0.4 is 0 Å². The second kappa shape index (κ2) is 9.99. The lowest BCUT2D eigenvalue weighted by Crippen LogP contribution is -2.56. The molecule has 3 fully saturated rings. The minimum atomic E-state index is -5.75. The van der Waals surface area contributed by atoms with Crippen molar-refractivity contribution in [2.24, 2.45) is 46.3 Å². The highest BCUT2D eigenvalue weighted by Gasteiger charge is 2.69. The highest BCUT2D eigenvalue weighted by Crippen LogP contribution is 2.68. The molecule has 0 bridgehead atoms. The zero-order chi connectivity index (χ0) is 28.3. The van der Waals surface area contributed by atoms with Gasteiger partial charge < -0.3 is 9.84 Å². The van der Waals surface area contributed by atoms with E-state index in [1.165, 1.54) is 6.92 Å². The molecule has 4 aliphatic carbocycles. The first-order chi connectivity index (χ1) is 17.4. The zero-order valence-corrected chi connectivity index (χ0v) is 22.9. The maximum atomic E-state index is 13.1. The smallest absolute Gasteiger partial charge is 0.426 e. The Morgan fingerprint density at radius 2 is 1.66 bits per heavy atom. The lowest BCUT2D eigenvalue weighted by Gasteiger charge is -2.60. The van der Waals surface area contributed by atoms with Crippen LogP contribution in [0.2, 0.25) is 0 Å². The largest absolute Gasteiger partial charge is 0.432 e. The molecule has 0 aromatic carbocycles. The molecule has 0 aliphatic heterocycles. The van der Waals surface area contributed by atoms with Crippen molar-refractivity contribution in [1.29, 1.82) is 0 Å². The van der Waals surface area contributed by atoms with Gasteiger partial charge in [0.2, 0.25) is 0 Å². The summed E-state index contributed by atoms with van der Waals surface area (Å²) in [6.07, 6.45) is -2.87. The van der Waals surface area contributed by atoms with Crippen molar-refractivity contribution in [2.45, 2.75) is 116 Å². The second-order valence-electron chi connectivity index (χ2n) is 13.3. The van der Waals surface area contributed by atoms with E-state index in [1.54, 1.807) is 0 Å². The van der Waals surface area contributed by atoms with Gasteiger partial charge in [-0.25, -0.2) is 0 Å². The van der Waals surface area contributed by atoms with Crippen LogP contribution in [-0.4, -0.2) is 29.0 Å². The molecule has 0 spiro atoms. The molecule has 0 heterocycles. The van der Waals surface area contributed by atoms with E-state index in [-0.39, 0.29) is 41.5 Å². The van der Waals surface area contributed by atoms with Crippen molar-refractivity contribution in [3.8, 4) is 0 Å². The van der Waals surface area contributed by atoms with Crippen LogP contribution in [0.5, 0.6) is 0 Å². The molecule has 0 saturated heterocycles. The highest BCUT2D eigenvalue weighted by atomic mass is 19.4. The van der Waals surface area contributed by atoms with E-state index < -0.39 is 24.4 Å². The number of hydrogen-bond acceptors (Lipinski definition) is 3. The van der Waals surface area contributed by atoms with Gasteiger partial charge in [0.05, 0.1) is 0 Å². The number of fused-ring (bicyclic) bond motifs is 5. The summed E-state index contributed by atoms with van der Waals surface area (Å²) < 4.78 is 84.0. The molecule has 9 heteroatoms. The molecular formula is C29H42F6O3. The molecule has 0 aromatic heterocycles. The van der Waals surface area contributed by atoms with Gasteiger partial charge in [-0.05, 0) is 110 Å². The highest BCUT2D eigenvalue weighted by molar-refractivity contribution is 5.67. The van der Waals surface area contributed by atoms with Crippen molar-refractivity contribution < 1.29 is 41.0 Å². The molecule has 3 saturated carbocycles. The van der Waals surface area contributed by atoms with E-state index >= 15 is 0 Å². The molecule has 1 N–H and O–H groups in total. The quantitative estimate of drug-likeness (QED) is 0.266. The van der Waals surface area contributed by atoms with E-state index in [1.807, 2.05) is 6.92 Å². The third-order valence-corrected chi connectivity index (χ3v) is 11.5. The Bertz CT molecular complexity index is 912. The molecule has 4 aliphatic rings. The van der Waals surface area contributed by atoms with Crippen LogP contribution in [0.3, 0.4) is 0 Å². The number of esters is 1. The van der Waals surface area contributed by atoms with E-state index in [2.05, 4.69) is 19.9 Å². The van der Waals surface area contributed by atoms with Gasteiger partial charge >= 0.3 is 18.3 Å². The van der Waals surface area contributed by atoms with Gasteiger partial charge in [-0.1, -0.05) is 27.2 Å². The Morgan fingerprint density at radius 3 is 2.26 bits per heavy atom. The molecule has 4 rings (SSSR count). The predicted molar refractivity (Wildman–Crippen MR) is 131 cm³/mol. The number of aliphatic hydroxyl groups is 1. The summed E-state index contributed by atoms with van der Waals surface area (Å²) in [7, 11) is 0. The van der Waals surface area contributed by atoms with Gasteiger partial charge in [0.15, 0.2) is 0 Å². The van der Waals surface area contributed by atoms with E-state index in [0.717, 1.165) is 57.1 Å². The number of hydrogen-bond donors (Lipinski definition) is 1. The summed E-state index contributed by atoms with van der Waals surface area (Å²) in [6, 6.07) is 0. The summed E-state index contributed by atoms with van der Waals surface area (Å²) >= 11 is 0. The maximum absolute atomic E-state index is 13.1. The average molecular weight is 553 g/mol. The normalized spacial score (nSPS) is 38.5. The Morgan fingerprint density at radius 1 is 1.03 bits per heavy atom. The number of carbonyl (C=O) groups is 1. The maximum Gasteiger partial charge on any atom is 0.426 e. The van der Waals surface area contributed by atoms with Crippen LogP contribution in [0.1, 0.15) is 98.3 Å². The fraction of sp³-hybridized carbons (Fsp3) is 0.897. The zero-order valence-electron chi connectivity index (χ0n) is 22.9. The van der Waals surface area contributed by atoms with Crippen molar-refractivity contribution in [2.75, 3.05) is 0 Å². The summed E-state index contributed by atoms with van der Waals surface area (Å²) in [5.74, 6) is 2.87. The molecule has 218 valence electrons. The fourth-order valence-electron chi connectivity index (χ4n) is 9.42. The molecule has 0 radical (unpaired) electrons. The SMILES string of the molecule is CC(=O)OC1=CC[C@@]2(C)C(CC[C@H]3[C@@H]4CC[C@H]([C@H](C)CCCC(O)(C(F)(F)F)C(F)(F)F)[C@@]4(C)CC[C@@H]32)C1. The third-order valence-electron chi connectivity index (χ3n) is 11.5. The van der Waals surface area contributed by atoms with Gasteiger partial charge in [-0.3, -0.25) is 4.79 Å². The number of carbonyl (C=O) groups excluding carboxylic acids is 1. The van der Waals surface area contributed by atoms with Crippen LogP contribution >= 0.6 is 0 Å². The first-order valence-corrected chi connectivity index (χ1v) is 14.2. The fourth-order valence-corrected chi connectivity index (χ4v) is 9.42. The monoisotopic (exact) mass is 552 g/mol. The van der Waals surface area contributed by atoms with Crippen molar-refractivity contribution in [3.05, 3.63) is 11.8 Å². The summed E-state index contributed by atoms with van der Waals surface area (Å²) in [5.41, 5.74) is -4.48. The average Bonchev–Trinajstić information content (AvgIpc) is 3.14. The molecule has 38 heavy (non-hydrogen) atoms. The van der Waals surface area contributed by atoms with Gasteiger partial charge in [-0.2, -0.15) is 26.3 Å². The number of ether oxygens (including phenoxy) is 1. The van der Waals surface area contributed by atoms with Crippen molar-refractivity contribution in [1.82, 2.24) is 0 Å². The van der Waals surface area contributed by atoms with Crippen LogP contribution in [0, 0.1) is 46.3 Å². The predicted octanol–water partition coefficient (Wildman–Crippen LogP) is 8.36. The first-order valence-electron chi connectivity index (χ1n) is 14.2. The minimum absolute atomic E-state index is 0.0110. The van der Waals surface area contributed by atoms with Gasteiger partial charge in [0, 0.05) is 13.3 Å². The molecule has 0 aromatic rings. The number of rotatable bonds is 6. The summed E-state index contributed by atoms with van der Waals surface area (Å²) in [5, 5.41) is 9.53. The topological polar surface area (TPSA) is 46.5 Å². The van der Waals surface area contributed by atoms with Crippen LogP contribution in [0.15, 0.2) is 11.8 Å². The molecule has 8 atom stereocenters. The lowest BCUT2D eigenvalue weighted by atomic mass is 9.45. The van der Waals surface area contributed by atoms with E-state index in [4.69, 9.17) is 4.74 Å². The van der Waals surface area contributed by atoms with Gasteiger partial charge in [0.1, 0.15) is 5.76 Å². The molecule has 0 amide bonds. The standard InChI is InChI=1S/C29H42F6O3/c1-17(6-5-13-27(37,28(30,31)32)29(33,34)35)22-9-10-23-21-8-7-19-16-20(38-18(2)36)11-14-25(19,3)24(21)12-15-26(22,23)4/h11,17,19,21-24,37H,5-10,12-16H2,1-4H3/t17-,19?,21+,22-,23+,24+,25+,26-/m1/s1. The molecule has 3 nitrogen and oxygen atoms in total. The first kappa shape index (κ1) is 29.7. The third kappa shape index (κ3) is 4.91. The lowest BCUT2D eigenvalue weighted by molar-refractivity contribution is -0.370. The number of alkyl halides is 6. The Hall–Kier alpha value is -1.25. The van der Waals surface area contributed by atoms with E-state index in [0.29, 0.717) is 23.7 Å².